The molecular formula is C20H22FN7. The zero-order valence-electron chi connectivity index (χ0n) is 15.9. The minimum Gasteiger partial charge on any atom is -0.369 e. The zero-order valence-corrected chi connectivity index (χ0v) is 15.9. The Balaban J connectivity index is 1.51. The Morgan fingerprint density at radius 1 is 1.14 bits per heavy atom. The molecule has 1 saturated heterocycles. The quantitative estimate of drug-likeness (QED) is 0.510. The number of anilines is 3. The summed E-state index contributed by atoms with van der Waals surface area (Å²) in [7, 11) is 0. The van der Waals surface area contributed by atoms with E-state index < -0.39 is 0 Å². The van der Waals surface area contributed by atoms with Gasteiger partial charge in [-0.2, -0.15) is 0 Å². The van der Waals surface area contributed by atoms with Crippen LogP contribution in [0, 0.1) is 19.7 Å². The Bertz CT molecular complexity index is 1170. The Labute approximate surface area is 161 Å². The van der Waals surface area contributed by atoms with Crippen LogP contribution in [0.2, 0.25) is 0 Å². The van der Waals surface area contributed by atoms with Crippen molar-refractivity contribution in [2.45, 2.75) is 13.8 Å². The highest BCUT2D eigenvalue weighted by Gasteiger charge is 2.16. The van der Waals surface area contributed by atoms with Crippen molar-refractivity contribution in [1.82, 2.24) is 24.9 Å². The van der Waals surface area contributed by atoms with E-state index >= 15 is 0 Å². The normalized spacial score (nSPS) is 14.9. The van der Waals surface area contributed by atoms with E-state index in [4.69, 9.17) is 0 Å². The molecule has 8 heteroatoms. The smallest absolute Gasteiger partial charge is 0.156 e. The molecule has 0 aliphatic carbocycles. The number of hydrogen-bond acceptors (Lipinski definition) is 5. The summed E-state index contributed by atoms with van der Waals surface area (Å²) in [6.45, 7) is 7.52. The van der Waals surface area contributed by atoms with E-state index in [-0.39, 0.29) is 5.82 Å². The van der Waals surface area contributed by atoms with Crippen LogP contribution in [0.5, 0.6) is 0 Å². The highest BCUT2D eigenvalue weighted by atomic mass is 19.1. The lowest BCUT2D eigenvalue weighted by molar-refractivity contribution is 0.586. The van der Waals surface area contributed by atoms with Gasteiger partial charge in [-0.15, -0.1) is 5.10 Å². The molecule has 0 saturated carbocycles. The van der Waals surface area contributed by atoms with E-state index in [2.05, 4.69) is 30.6 Å². The summed E-state index contributed by atoms with van der Waals surface area (Å²) < 4.78 is 16.7. The van der Waals surface area contributed by atoms with E-state index in [1.54, 1.807) is 10.6 Å². The molecule has 0 radical (unpaired) electrons. The topological polar surface area (TPSA) is 73.3 Å². The van der Waals surface area contributed by atoms with Gasteiger partial charge in [0.15, 0.2) is 11.5 Å². The summed E-state index contributed by atoms with van der Waals surface area (Å²) in [5.41, 5.74) is 3.65. The molecule has 1 aliphatic rings. The predicted molar refractivity (Wildman–Crippen MR) is 109 cm³/mol. The van der Waals surface area contributed by atoms with Crippen molar-refractivity contribution in [1.29, 1.82) is 0 Å². The van der Waals surface area contributed by atoms with Gasteiger partial charge in [0.25, 0.3) is 0 Å². The van der Waals surface area contributed by atoms with Crippen LogP contribution < -0.4 is 15.5 Å². The number of aryl methyl sites for hydroxylation is 2. The van der Waals surface area contributed by atoms with Crippen LogP contribution in [0.3, 0.4) is 0 Å². The Morgan fingerprint density at radius 2 is 1.96 bits per heavy atom. The zero-order chi connectivity index (χ0) is 19.3. The van der Waals surface area contributed by atoms with Gasteiger partial charge in [-0.05, 0) is 37.6 Å². The molecule has 4 heterocycles. The fraction of sp³-hybridized carbons (Fsp3) is 0.300. The Hall–Kier alpha value is -3.13. The Kier molecular flexibility index (Phi) is 3.94. The van der Waals surface area contributed by atoms with Crippen molar-refractivity contribution >= 4 is 33.7 Å². The molecule has 5 rings (SSSR count). The maximum absolute atomic E-state index is 15.0. The summed E-state index contributed by atoms with van der Waals surface area (Å²) in [6, 6.07) is 5.57. The number of halogens is 1. The van der Waals surface area contributed by atoms with Gasteiger partial charge in [0.1, 0.15) is 11.6 Å². The van der Waals surface area contributed by atoms with Gasteiger partial charge >= 0.3 is 0 Å². The molecule has 144 valence electrons. The van der Waals surface area contributed by atoms with Crippen molar-refractivity contribution in [3.8, 4) is 0 Å². The average Bonchev–Trinajstić information content (AvgIpc) is 3.26. The second kappa shape index (κ2) is 6.49. The lowest BCUT2D eigenvalue weighted by Gasteiger charge is -2.29. The standard InChI is InChI=1S/C20H22FN7/c1-12-7-17(26-28-11-13(2)24-20(12)28)25-19-18-14(10-23-19)8-15(9-16(18)21)27-5-3-22-4-6-27/h7-11,22-23H,3-6H2,1-2H3,(H,25,26). The second-order valence-corrected chi connectivity index (χ2v) is 7.28. The first-order chi connectivity index (χ1) is 13.6. The number of piperazine rings is 1. The van der Waals surface area contributed by atoms with Crippen molar-refractivity contribution in [2.75, 3.05) is 36.4 Å². The number of nitrogens with one attached hydrogen (secondary N) is 3. The maximum atomic E-state index is 15.0. The minimum absolute atomic E-state index is 0.244. The Morgan fingerprint density at radius 3 is 2.79 bits per heavy atom. The molecule has 0 atom stereocenters. The maximum Gasteiger partial charge on any atom is 0.156 e. The molecular weight excluding hydrogens is 357 g/mol. The van der Waals surface area contributed by atoms with Crippen molar-refractivity contribution in [3.05, 3.63) is 47.7 Å². The van der Waals surface area contributed by atoms with Gasteiger partial charge in [0, 0.05) is 43.4 Å². The first-order valence-corrected chi connectivity index (χ1v) is 9.45. The van der Waals surface area contributed by atoms with E-state index in [1.165, 1.54) is 0 Å². The van der Waals surface area contributed by atoms with Crippen molar-refractivity contribution in [3.63, 3.8) is 0 Å². The lowest BCUT2D eigenvalue weighted by Crippen LogP contribution is -2.43. The first-order valence-electron chi connectivity index (χ1n) is 9.45. The molecule has 3 N–H and O–H groups in total. The van der Waals surface area contributed by atoms with Crippen LogP contribution in [-0.2, 0) is 0 Å². The summed E-state index contributed by atoms with van der Waals surface area (Å²) in [5, 5.41) is 12.5. The van der Waals surface area contributed by atoms with Gasteiger partial charge in [-0.3, -0.25) is 0 Å². The highest BCUT2D eigenvalue weighted by molar-refractivity contribution is 5.96. The number of rotatable bonds is 3. The van der Waals surface area contributed by atoms with Gasteiger partial charge in [0.05, 0.1) is 17.3 Å². The third-order valence-corrected chi connectivity index (χ3v) is 5.19. The summed E-state index contributed by atoms with van der Waals surface area (Å²) in [6.07, 6.45) is 3.71. The minimum atomic E-state index is -0.244. The summed E-state index contributed by atoms with van der Waals surface area (Å²) in [5.74, 6) is 0.991. The summed E-state index contributed by atoms with van der Waals surface area (Å²) >= 11 is 0. The van der Waals surface area contributed by atoms with E-state index in [9.17, 15) is 4.39 Å². The molecule has 0 unspecified atom stereocenters. The molecule has 4 aromatic rings. The number of hydrogen-bond donors (Lipinski definition) is 3. The molecule has 0 bridgehead atoms. The number of aromatic amines is 1. The van der Waals surface area contributed by atoms with Crippen LogP contribution >= 0.6 is 0 Å². The van der Waals surface area contributed by atoms with E-state index in [1.807, 2.05) is 38.4 Å². The highest BCUT2D eigenvalue weighted by Crippen LogP contribution is 2.32. The predicted octanol–water partition coefficient (Wildman–Crippen LogP) is 3.12. The molecule has 1 aliphatic heterocycles. The number of imidazole rings is 1. The van der Waals surface area contributed by atoms with Crippen LogP contribution in [0.25, 0.3) is 16.4 Å². The molecule has 1 fully saturated rings. The van der Waals surface area contributed by atoms with Gasteiger partial charge < -0.3 is 20.5 Å². The molecule has 3 aromatic heterocycles. The van der Waals surface area contributed by atoms with Crippen LogP contribution in [0.15, 0.2) is 30.6 Å². The van der Waals surface area contributed by atoms with Crippen molar-refractivity contribution in [2.24, 2.45) is 0 Å². The van der Waals surface area contributed by atoms with Gasteiger partial charge in [-0.1, -0.05) is 0 Å². The molecule has 28 heavy (non-hydrogen) atoms. The third-order valence-electron chi connectivity index (χ3n) is 5.19. The van der Waals surface area contributed by atoms with Crippen molar-refractivity contribution < 1.29 is 4.39 Å². The fourth-order valence-corrected chi connectivity index (χ4v) is 3.85. The van der Waals surface area contributed by atoms with E-state index in [0.717, 1.165) is 54.2 Å². The van der Waals surface area contributed by atoms with Gasteiger partial charge in [0.2, 0.25) is 0 Å². The number of aromatic nitrogens is 4. The third kappa shape index (κ3) is 2.86. The van der Waals surface area contributed by atoms with E-state index in [0.29, 0.717) is 17.0 Å². The number of H-pyrrole nitrogens is 1. The van der Waals surface area contributed by atoms with Gasteiger partial charge in [-0.25, -0.2) is 13.9 Å². The van der Waals surface area contributed by atoms with Crippen LogP contribution in [-0.4, -0.2) is 45.8 Å². The monoisotopic (exact) mass is 379 g/mol. The fourth-order valence-electron chi connectivity index (χ4n) is 3.85. The lowest BCUT2D eigenvalue weighted by atomic mass is 10.1. The molecule has 0 spiro atoms. The van der Waals surface area contributed by atoms with Crippen LogP contribution in [0.1, 0.15) is 11.3 Å². The second-order valence-electron chi connectivity index (χ2n) is 7.28. The first kappa shape index (κ1) is 17.0. The largest absolute Gasteiger partial charge is 0.369 e. The SMILES string of the molecule is Cc1cn2nc(Nc3[nH]cc4cc(N5CCNCC5)cc(F)c34)cc(C)c2n1. The summed E-state index contributed by atoms with van der Waals surface area (Å²) in [4.78, 5) is 9.83. The molecule has 7 nitrogen and oxygen atoms in total. The van der Waals surface area contributed by atoms with Crippen LogP contribution in [0.4, 0.5) is 21.7 Å². The molecule has 0 amide bonds. The number of fused-ring (bicyclic) bond motifs is 2. The average molecular weight is 379 g/mol. The number of nitrogens with zero attached hydrogens (tertiary/aromatic N) is 4. The number of benzene rings is 1. The molecule has 1 aromatic carbocycles.